The predicted molar refractivity (Wildman–Crippen MR) is 149 cm³/mol. The molecule has 2 saturated carbocycles. The molecule has 0 aromatic heterocycles. The van der Waals surface area contributed by atoms with Crippen LogP contribution in [0.1, 0.15) is 125 Å². The van der Waals surface area contributed by atoms with Crippen molar-refractivity contribution in [3.8, 4) is 11.5 Å². The van der Waals surface area contributed by atoms with Gasteiger partial charge < -0.3 is 11.4 Å². The van der Waals surface area contributed by atoms with E-state index in [-0.39, 0.29) is 16.9 Å². The average molecular weight is 505 g/mol. The molecule has 36 heavy (non-hydrogen) atoms. The fourth-order valence-electron chi connectivity index (χ4n) is 7.04. The molecule has 3 nitrogen and oxygen atoms in total. The average Bonchev–Trinajstić information content (AvgIpc) is 2.81. The first-order valence-electron chi connectivity index (χ1n) is 14.4. The van der Waals surface area contributed by atoms with E-state index >= 15 is 0 Å². The first-order valence-corrected chi connectivity index (χ1v) is 15.9. The van der Waals surface area contributed by atoms with Gasteiger partial charge in [-0.25, -0.2) is 0 Å². The Balaban J connectivity index is 1.67. The summed E-state index contributed by atoms with van der Waals surface area (Å²) < 4.78 is 20.3. The Hall–Kier alpha value is -1.47. The molecule has 2 aromatic carbocycles. The van der Waals surface area contributed by atoms with Crippen LogP contribution in [0.25, 0.3) is 0 Å². The zero-order valence-corrected chi connectivity index (χ0v) is 24.6. The fraction of sp³-hybridized carbons (Fsp3) is 0.625. The highest BCUT2D eigenvalue weighted by Crippen LogP contribution is 2.49. The maximum absolute atomic E-state index is 6.91. The number of hydrogen-bond acceptors (Lipinski definition) is 3. The van der Waals surface area contributed by atoms with Gasteiger partial charge in [-0.2, -0.15) is 0 Å². The molecule has 4 heteroatoms. The largest absolute Gasteiger partial charge is 1.10 e. The van der Waals surface area contributed by atoms with E-state index in [9.17, 15) is 0 Å². The van der Waals surface area contributed by atoms with Gasteiger partial charge in [0.1, 0.15) is 0 Å². The first kappa shape index (κ1) is 26.2. The van der Waals surface area contributed by atoms with E-state index in [1.807, 2.05) is 0 Å². The molecule has 2 aliphatic carbocycles. The lowest BCUT2D eigenvalue weighted by Gasteiger charge is -2.39. The van der Waals surface area contributed by atoms with Crippen molar-refractivity contribution in [1.29, 1.82) is 0 Å². The van der Waals surface area contributed by atoms with Crippen LogP contribution in [0, 0.1) is 13.8 Å². The van der Waals surface area contributed by atoms with Gasteiger partial charge in [0.2, 0.25) is 0 Å². The van der Waals surface area contributed by atoms with Gasteiger partial charge in [0.25, 0.3) is 0 Å². The predicted octanol–water partition coefficient (Wildman–Crippen LogP) is 8.52. The van der Waals surface area contributed by atoms with E-state index in [0.717, 1.165) is 17.9 Å². The summed E-state index contributed by atoms with van der Waals surface area (Å²) in [5.74, 6) is 2.11. The van der Waals surface area contributed by atoms with Gasteiger partial charge in [-0.1, -0.05) is 87.8 Å². The third kappa shape index (κ3) is 5.24. The van der Waals surface area contributed by atoms with Gasteiger partial charge in [-0.05, 0) is 86.5 Å². The highest BCUT2D eigenvalue weighted by atomic mass is 27.3. The first-order chi connectivity index (χ1) is 17.2. The number of benzene rings is 2. The molecule has 1 heterocycles. The molecule has 194 valence electrons. The number of rotatable bonds is 4. The Kier molecular flexibility index (Phi) is 7.53. The molecular formula is C32H45AlO3. The Morgan fingerprint density at radius 3 is 1.50 bits per heavy atom. The number of hydrogen-bond donors (Lipinski definition) is 0. The highest BCUT2D eigenvalue weighted by molar-refractivity contribution is 6.38. The van der Waals surface area contributed by atoms with Crippen molar-refractivity contribution in [2.24, 2.45) is 0 Å². The summed E-state index contributed by atoms with van der Waals surface area (Å²) in [4.78, 5) is 0. The van der Waals surface area contributed by atoms with Crippen LogP contribution < -0.4 is 7.58 Å². The summed E-state index contributed by atoms with van der Waals surface area (Å²) in [6.07, 6.45) is 13.7. The van der Waals surface area contributed by atoms with Crippen LogP contribution >= 0.6 is 0 Å². The van der Waals surface area contributed by atoms with Crippen molar-refractivity contribution in [3.05, 3.63) is 57.6 Å². The second kappa shape index (κ2) is 10.4. The SMILES string of the molecule is Cc1cc2c(c(C3(C)CCCCC3)c1)[O][Al]([O]C(C)C)[O]c1c(cc(C)cc1C1(C)CCCCC1)C2. The molecule has 0 saturated heterocycles. The third-order valence-electron chi connectivity index (χ3n) is 9.03. The van der Waals surface area contributed by atoms with Gasteiger partial charge >= 0.3 is 15.1 Å². The van der Waals surface area contributed by atoms with Crippen LogP contribution in [0.2, 0.25) is 0 Å². The van der Waals surface area contributed by atoms with Crippen LogP contribution in [-0.2, 0) is 21.0 Å². The summed E-state index contributed by atoms with van der Waals surface area (Å²) in [5, 5.41) is 0. The lowest BCUT2D eigenvalue weighted by molar-refractivity contribution is 0.150. The molecule has 0 spiro atoms. The standard InChI is InChI=1S/C29H40O2.C3H7O.Al/c1-20-15-22(26(30)24(17-20)28(3)11-7-5-8-12-28)19-23-16-21(2)18-25(27(23)31)29(4)13-9-6-10-14-29;1-3(2)4;/h15-18,30-31H,5-14,19H2,1-4H3;3H,1-2H3;/q;-1;+3/p-2. The summed E-state index contributed by atoms with van der Waals surface area (Å²) in [6, 6.07) is 9.48. The van der Waals surface area contributed by atoms with Crippen molar-refractivity contribution < 1.29 is 11.4 Å². The molecule has 1 aliphatic heterocycles. The van der Waals surface area contributed by atoms with Crippen molar-refractivity contribution in [2.75, 3.05) is 0 Å². The number of fused-ring (bicyclic) bond motifs is 2. The summed E-state index contributed by atoms with van der Waals surface area (Å²) >= 11 is -2.49. The Bertz CT molecular complexity index is 1010. The van der Waals surface area contributed by atoms with Gasteiger partial charge in [0.15, 0.2) is 0 Å². The van der Waals surface area contributed by atoms with Crippen molar-refractivity contribution in [3.63, 3.8) is 0 Å². The minimum atomic E-state index is -2.49. The second-order valence-corrected chi connectivity index (χ2v) is 14.1. The van der Waals surface area contributed by atoms with E-state index in [0.29, 0.717) is 0 Å². The molecule has 0 bridgehead atoms. The van der Waals surface area contributed by atoms with Gasteiger partial charge in [-0.15, -0.1) is 0 Å². The van der Waals surface area contributed by atoms with Crippen molar-refractivity contribution >= 4 is 15.1 Å². The molecule has 2 fully saturated rings. The molecule has 0 radical (unpaired) electrons. The topological polar surface area (TPSA) is 27.7 Å². The van der Waals surface area contributed by atoms with E-state index in [2.05, 4.69) is 65.8 Å². The Morgan fingerprint density at radius 2 is 1.11 bits per heavy atom. The van der Waals surface area contributed by atoms with E-state index < -0.39 is 15.1 Å². The summed E-state index contributed by atoms with van der Waals surface area (Å²) in [7, 11) is 0. The van der Waals surface area contributed by atoms with E-state index in [4.69, 9.17) is 11.4 Å². The minimum absolute atomic E-state index is 0.0614. The Morgan fingerprint density at radius 1 is 0.694 bits per heavy atom. The monoisotopic (exact) mass is 504 g/mol. The smallest absolute Gasteiger partial charge is 0.588 e. The minimum Gasteiger partial charge on any atom is -0.588 e. The lowest BCUT2D eigenvalue weighted by Crippen LogP contribution is -2.40. The van der Waals surface area contributed by atoms with Crippen LogP contribution in [0.15, 0.2) is 24.3 Å². The molecule has 0 amide bonds. The quantitative estimate of drug-likeness (QED) is 0.391. The van der Waals surface area contributed by atoms with E-state index in [1.54, 1.807) is 0 Å². The second-order valence-electron chi connectivity index (χ2n) is 12.7. The maximum Gasteiger partial charge on any atom is 1.10 e. The number of aryl methyl sites for hydroxylation is 2. The third-order valence-corrected chi connectivity index (χ3v) is 10.7. The lowest BCUT2D eigenvalue weighted by atomic mass is 9.69. The molecule has 0 unspecified atom stereocenters. The van der Waals surface area contributed by atoms with Gasteiger partial charge in [0, 0.05) is 12.5 Å². The molecule has 5 rings (SSSR count). The molecule has 2 aromatic rings. The van der Waals surface area contributed by atoms with Crippen molar-refractivity contribution in [1.82, 2.24) is 0 Å². The molecule has 0 N–H and O–H groups in total. The highest BCUT2D eigenvalue weighted by Gasteiger charge is 2.46. The summed E-state index contributed by atoms with van der Waals surface area (Å²) in [5.41, 5.74) is 8.33. The van der Waals surface area contributed by atoms with Gasteiger partial charge in [-0.3, -0.25) is 0 Å². The zero-order valence-electron chi connectivity index (χ0n) is 23.5. The van der Waals surface area contributed by atoms with E-state index in [1.165, 1.54) is 97.6 Å². The Labute approximate surface area is 224 Å². The van der Waals surface area contributed by atoms with Crippen molar-refractivity contribution in [2.45, 2.75) is 129 Å². The van der Waals surface area contributed by atoms with Gasteiger partial charge in [0.05, 0.1) is 11.5 Å². The summed E-state index contributed by atoms with van der Waals surface area (Å²) in [6.45, 7) is 13.6. The van der Waals surface area contributed by atoms with Crippen LogP contribution in [0.5, 0.6) is 11.5 Å². The van der Waals surface area contributed by atoms with Crippen LogP contribution in [0.4, 0.5) is 0 Å². The molecule has 3 aliphatic rings. The zero-order chi connectivity index (χ0) is 25.5. The maximum atomic E-state index is 6.91. The molecular weight excluding hydrogens is 459 g/mol. The fourth-order valence-corrected chi connectivity index (χ4v) is 8.58. The van der Waals surface area contributed by atoms with Crippen LogP contribution in [0.3, 0.4) is 0 Å². The normalized spacial score (nSPS) is 21.0. The van der Waals surface area contributed by atoms with Crippen LogP contribution in [-0.4, -0.2) is 21.3 Å². The molecule has 0 atom stereocenters.